The first-order valence-electron chi connectivity index (χ1n) is 17.9. The number of amides is 3. The van der Waals surface area contributed by atoms with Crippen molar-refractivity contribution in [3.8, 4) is 0 Å². The van der Waals surface area contributed by atoms with Crippen LogP contribution in [0.25, 0.3) is 11.1 Å². The van der Waals surface area contributed by atoms with Crippen LogP contribution in [0.3, 0.4) is 0 Å². The van der Waals surface area contributed by atoms with Gasteiger partial charge in [0, 0.05) is 38.4 Å². The molecule has 2 fully saturated rings. The number of carbonyl (C=O) groups excluding carboxylic acids is 4. The number of ether oxygens (including phenoxy) is 3. The molecule has 2 aromatic carbocycles. The number of carbonyl (C=O) groups is 4. The fourth-order valence-corrected chi connectivity index (χ4v) is 6.51. The number of rotatable bonds is 13. The molecule has 0 bridgehead atoms. The minimum atomic E-state index is -1.22. The summed E-state index contributed by atoms with van der Waals surface area (Å²) in [6.45, 7) is 6.97. The van der Waals surface area contributed by atoms with Crippen molar-refractivity contribution in [1.29, 1.82) is 0 Å². The Labute approximate surface area is 298 Å². The van der Waals surface area contributed by atoms with Gasteiger partial charge < -0.3 is 34.0 Å². The van der Waals surface area contributed by atoms with Crippen molar-refractivity contribution in [2.75, 3.05) is 26.2 Å². The SMILES string of the molecule is CC(C)(C)OC(=O)NCCCC[C@H](CC(=O)[C@@H]1C[C@@H](OC(=O)N2CCCCC2)CN1C(=O)OCc1ccccc1)C(O)c1nc2ccccc2o1. The van der Waals surface area contributed by atoms with Gasteiger partial charge in [-0.25, -0.2) is 19.4 Å². The number of aromatic nitrogens is 1. The van der Waals surface area contributed by atoms with E-state index < -0.39 is 48.0 Å². The van der Waals surface area contributed by atoms with Crippen LogP contribution >= 0.6 is 0 Å². The fraction of sp³-hybridized carbons (Fsp3) is 0.553. The molecule has 276 valence electrons. The number of oxazole rings is 1. The summed E-state index contributed by atoms with van der Waals surface area (Å²) in [6, 6.07) is 15.5. The average molecular weight is 707 g/mol. The second-order valence-corrected chi connectivity index (χ2v) is 14.3. The number of hydrogen-bond donors (Lipinski definition) is 2. The molecule has 3 amide bonds. The topological polar surface area (TPSA) is 161 Å². The van der Waals surface area contributed by atoms with E-state index in [4.69, 9.17) is 18.6 Å². The summed E-state index contributed by atoms with van der Waals surface area (Å²) in [7, 11) is 0. The molecule has 51 heavy (non-hydrogen) atoms. The molecule has 1 unspecified atom stereocenters. The number of Topliss-reactive ketones (excluding diaryl/α,β-unsaturated/α-hetero) is 1. The number of hydrogen-bond acceptors (Lipinski definition) is 10. The summed E-state index contributed by atoms with van der Waals surface area (Å²) < 4.78 is 22.7. The molecule has 0 saturated carbocycles. The first-order chi connectivity index (χ1) is 24.5. The lowest BCUT2D eigenvalue weighted by Gasteiger charge is -2.27. The van der Waals surface area contributed by atoms with Crippen molar-refractivity contribution in [2.45, 2.75) is 103 Å². The Morgan fingerprint density at radius 3 is 2.43 bits per heavy atom. The van der Waals surface area contributed by atoms with Crippen molar-refractivity contribution < 1.29 is 42.9 Å². The minimum absolute atomic E-state index is 0.0122. The first-order valence-corrected chi connectivity index (χ1v) is 17.9. The fourth-order valence-electron chi connectivity index (χ4n) is 6.51. The third kappa shape index (κ3) is 10.9. The van der Waals surface area contributed by atoms with Gasteiger partial charge in [-0.3, -0.25) is 9.69 Å². The van der Waals surface area contributed by atoms with E-state index in [1.807, 2.05) is 42.5 Å². The van der Waals surface area contributed by atoms with Gasteiger partial charge in [0.15, 0.2) is 11.4 Å². The van der Waals surface area contributed by atoms with E-state index in [1.54, 1.807) is 37.8 Å². The number of aliphatic hydroxyl groups excluding tert-OH is 1. The van der Waals surface area contributed by atoms with Gasteiger partial charge in [-0.1, -0.05) is 48.9 Å². The Bertz CT molecular complexity index is 1580. The minimum Gasteiger partial charge on any atom is -0.445 e. The van der Waals surface area contributed by atoms with E-state index in [0.29, 0.717) is 50.0 Å². The van der Waals surface area contributed by atoms with Crippen molar-refractivity contribution in [3.05, 3.63) is 66.1 Å². The Morgan fingerprint density at radius 2 is 1.71 bits per heavy atom. The Kier molecular flexibility index (Phi) is 12.9. The molecule has 13 nitrogen and oxygen atoms in total. The smallest absolute Gasteiger partial charge is 0.410 e. The van der Waals surface area contributed by atoms with Gasteiger partial charge in [0.1, 0.15) is 29.9 Å². The van der Waals surface area contributed by atoms with Gasteiger partial charge in [0.25, 0.3) is 0 Å². The van der Waals surface area contributed by atoms with E-state index >= 15 is 0 Å². The van der Waals surface area contributed by atoms with Crippen molar-refractivity contribution >= 4 is 35.2 Å². The maximum atomic E-state index is 14.2. The van der Waals surface area contributed by atoms with Crippen LogP contribution in [-0.2, 0) is 25.6 Å². The Morgan fingerprint density at radius 1 is 0.980 bits per heavy atom. The number of alkyl carbamates (subject to hydrolysis) is 1. The van der Waals surface area contributed by atoms with E-state index in [-0.39, 0.29) is 37.7 Å². The van der Waals surface area contributed by atoms with Crippen LogP contribution in [0, 0.1) is 5.92 Å². The average Bonchev–Trinajstić information content (AvgIpc) is 3.74. The number of aliphatic hydroxyl groups is 1. The molecule has 0 radical (unpaired) electrons. The normalized spacial score (nSPS) is 19.0. The predicted molar refractivity (Wildman–Crippen MR) is 188 cm³/mol. The van der Waals surface area contributed by atoms with Gasteiger partial charge in [-0.15, -0.1) is 0 Å². The van der Waals surface area contributed by atoms with E-state index in [2.05, 4.69) is 10.3 Å². The highest BCUT2D eigenvalue weighted by Gasteiger charge is 2.43. The number of ketones is 1. The molecule has 5 rings (SSSR count). The monoisotopic (exact) mass is 706 g/mol. The molecule has 2 aliphatic rings. The largest absolute Gasteiger partial charge is 0.445 e. The Hall–Kier alpha value is -4.65. The molecular formula is C38H50N4O9. The summed E-state index contributed by atoms with van der Waals surface area (Å²) in [5.41, 5.74) is 1.27. The first kappa shape index (κ1) is 37.6. The number of unbranched alkanes of at least 4 members (excludes halogenated alkanes) is 1. The van der Waals surface area contributed by atoms with Gasteiger partial charge in [0.2, 0.25) is 5.89 Å². The molecule has 2 saturated heterocycles. The molecular weight excluding hydrogens is 656 g/mol. The molecule has 2 N–H and O–H groups in total. The lowest BCUT2D eigenvalue weighted by atomic mass is 9.88. The maximum Gasteiger partial charge on any atom is 0.410 e. The van der Waals surface area contributed by atoms with Gasteiger partial charge >= 0.3 is 18.3 Å². The lowest BCUT2D eigenvalue weighted by molar-refractivity contribution is -0.125. The molecule has 0 spiro atoms. The standard InChI is InChI=1S/C38H50N4O9/c1-38(2,3)51-35(45)39-19-11-10-16-27(33(44)34-40-29-17-8-9-18-32(29)50-34)22-31(43)30-23-28(49-36(46)41-20-12-5-13-21-41)24-42(30)37(47)48-25-26-14-6-4-7-15-26/h4,6-9,14-15,17-18,27-28,30,33,44H,5,10-13,16,19-25H2,1-3H3,(H,39,45)/t27-,28-,30+,33?/m1/s1. The zero-order valence-electron chi connectivity index (χ0n) is 29.8. The zero-order valence-corrected chi connectivity index (χ0v) is 29.8. The van der Waals surface area contributed by atoms with Crippen LogP contribution in [0.2, 0.25) is 0 Å². The number of likely N-dealkylation sites (tertiary alicyclic amines) is 2. The summed E-state index contributed by atoms with van der Waals surface area (Å²) in [6.07, 6.45) is 0.855. The molecule has 4 atom stereocenters. The van der Waals surface area contributed by atoms with E-state index in [1.165, 1.54) is 4.90 Å². The van der Waals surface area contributed by atoms with Crippen molar-refractivity contribution in [1.82, 2.24) is 20.1 Å². The van der Waals surface area contributed by atoms with Crippen LogP contribution in [0.1, 0.15) is 89.7 Å². The molecule has 13 heteroatoms. The second kappa shape index (κ2) is 17.5. The third-order valence-electron chi connectivity index (χ3n) is 9.10. The summed E-state index contributed by atoms with van der Waals surface area (Å²) in [4.78, 5) is 60.2. The molecule has 2 aliphatic heterocycles. The summed E-state index contributed by atoms with van der Waals surface area (Å²) >= 11 is 0. The number of fused-ring (bicyclic) bond motifs is 1. The third-order valence-corrected chi connectivity index (χ3v) is 9.10. The predicted octanol–water partition coefficient (Wildman–Crippen LogP) is 6.53. The van der Waals surface area contributed by atoms with Crippen molar-refractivity contribution in [3.63, 3.8) is 0 Å². The summed E-state index contributed by atoms with van der Waals surface area (Å²) in [5, 5.41) is 14.3. The highest BCUT2D eigenvalue weighted by atomic mass is 16.6. The van der Waals surface area contributed by atoms with Crippen molar-refractivity contribution in [2.24, 2.45) is 5.92 Å². The molecule has 3 heterocycles. The molecule has 3 aromatic rings. The van der Waals surface area contributed by atoms with E-state index in [0.717, 1.165) is 24.8 Å². The maximum absolute atomic E-state index is 14.2. The van der Waals surface area contributed by atoms with Crippen LogP contribution in [-0.4, -0.2) is 87.9 Å². The van der Waals surface area contributed by atoms with Gasteiger partial charge in [-0.2, -0.15) is 0 Å². The number of piperidine rings is 1. The van der Waals surface area contributed by atoms with Gasteiger partial charge in [0.05, 0.1) is 12.6 Å². The Balaban J connectivity index is 1.28. The van der Waals surface area contributed by atoms with Crippen LogP contribution in [0.5, 0.6) is 0 Å². The lowest BCUT2D eigenvalue weighted by Crippen LogP contribution is -2.42. The van der Waals surface area contributed by atoms with E-state index in [9.17, 15) is 24.3 Å². The number of benzene rings is 2. The number of para-hydroxylation sites is 2. The number of nitrogens with zero attached hydrogens (tertiary/aromatic N) is 3. The van der Waals surface area contributed by atoms with Crippen LogP contribution < -0.4 is 5.32 Å². The van der Waals surface area contributed by atoms with Crippen LogP contribution in [0.4, 0.5) is 14.4 Å². The highest BCUT2D eigenvalue weighted by Crippen LogP contribution is 2.33. The highest BCUT2D eigenvalue weighted by molar-refractivity contribution is 5.88. The molecule has 1 aromatic heterocycles. The zero-order chi connectivity index (χ0) is 36.4. The van der Waals surface area contributed by atoms with Gasteiger partial charge in [-0.05, 0) is 70.6 Å². The molecule has 0 aliphatic carbocycles. The summed E-state index contributed by atoms with van der Waals surface area (Å²) in [5.74, 6) is -0.820. The quantitative estimate of drug-likeness (QED) is 0.148. The number of nitrogens with one attached hydrogen (secondary N) is 1. The second-order valence-electron chi connectivity index (χ2n) is 14.3. The van der Waals surface area contributed by atoms with Crippen LogP contribution in [0.15, 0.2) is 59.0 Å².